The van der Waals surface area contributed by atoms with Gasteiger partial charge in [-0.05, 0) is 30.0 Å². The van der Waals surface area contributed by atoms with Gasteiger partial charge in [0.15, 0.2) is 0 Å². The number of nitrogens with one attached hydrogen (secondary N) is 2. The lowest BCUT2D eigenvalue weighted by Crippen LogP contribution is -2.30. The fourth-order valence-corrected chi connectivity index (χ4v) is 2.98. The van der Waals surface area contributed by atoms with Crippen molar-refractivity contribution in [1.82, 2.24) is 5.32 Å². The molecular formula is C16H20N2O2S. The molecule has 2 aromatic rings. The fraction of sp³-hybridized carbons (Fsp3) is 0.312. The maximum Gasteiger partial charge on any atom is 0.238 e. The SMILES string of the molecule is CCC(NCC(=O)Nc1ccccc1OC)c1cccs1. The Bertz CT molecular complexity index is 569. The van der Waals surface area contributed by atoms with Crippen LogP contribution in [0.5, 0.6) is 5.75 Å². The highest BCUT2D eigenvalue weighted by molar-refractivity contribution is 7.10. The van der Waals surface area contributed by atoms with Crippen LogP contribution >= 0.6 is 11.3 Å². The van der Waals surface area contributed by atoms with Gasteiger partial charge in [0.1, 0.15) is 5.75 Å². The van der Waals surface area contributed by atoms with E-state index in [1.165, 1.54) is 4.88 Å². The molecule has 2 N–H and O–H groups in total. The van der Waals surface area contributed by atoms with Crippen LogP contribution in [0.1, 0.15) is 24.3 Å². The van der Waals surface area contributed by atoms with Crippen LogP contribution in [-0.2, 0) is 4.79 Å². The average molecular weight is 304 g/mol. The number of amides is 1. The molecule has 2 rings (SSSR count). The molecule has 1 amide bonds. The average Bonchev–Trinajstić information content (AvgIpc) is 3.03. The van der Waals surface area contributed by atoms with Crippen LogP contribution in [0.3, 0.4) is 0 Å². The third-order valence-electron chi connectivity index (χ3n) is 3.18. The van der Waals surface area contributed by atoms with Crippen LogP contribution in [0.15, 0.2) is 41.8 Å². The standard InChI is InChI=1S/C16H20N2O2S/c1-3-12(15-9-6-10-21-15)17-11-16(19)18-13-7-4-5-8-14(13)20-2/h4-10,12,17H,3,11H2,1-2H3,(H,18,19). The summed E-state index contributed by atoms with van der Waals surface area (Å²) in [4.78, 5) is 13.3. The maximum atomic E-state index is 12.0. The Morgan fingerprint density at radius 1 is 1.29 bits per heavy atom. The first-order valence-electron chi connectivity index (χ1n) is 6.94. The van der Waals surface area contributed by atoms with Gasteiger partial charge in [0.25, 0.3) is 0 Å². The molecule has 21 heavy (non-hydrogen) atoms. The lowest BCUT2D eigenvalue weighted by Gasteiger charge is -2.15. The van der Waals surface area contributed by atoms with Gasteiger partial charge in [-0.3, -0.25) is 4.79 Å². The predicted molar refractivity (Wildman–Crippen MR) is 87.0 cm³/mol. The van der Waals surface area contributed by atoms with Gasteiger partial charge in [0.2, 0.25) is 5.91 Å². The molecule has 0 radical (unpaired) electrons. The molecule has 5 heteroatoms. The van der Waals surface area contributed by atoms with Crippen LogP contribution < -0.4 is 15.4 Å². The number of ether oxygens (including phenoxy) is 1. The van der Waals surface area contributed by atoms with Crippen molar-refractivity contribution in [3.8, 4) is 5.75 Å². The zero-order valence-electron chi connectivity index (χ0n) is 12.3. The van der Waals surface area contributed by atoms with Gasteiger partial charge in [0.05, 0.1) is 19.3 Å². The molecule has 1 atom stereocenters. The molecule has 112 valence electrons. The molecule has 1 heterocycles. The summed E-state index contributed by atoms with van der Waals surface area (Å²) >= 11 is 1.70. The molecule has 4 nitrogen and oxygen atoms in total. The molecule has 1 aromatic heterocycles. The smallest absolute Gasteiger partial charge is 0.238 e. The van der Waals surface area contributed by atoms with Crippen molar-refractivity contribution < 1.29 is 9.53 Å². The topological polar surface area (TPSA) is 50.4 Å². The predicted octanol–water partition coefficient (Wildman–Crippen LogP) is 3.44. The minimum absolute atomic E-state index is 0.0745. The van der Waals surface area contributed by atoms with E-state index in [0.717, 1.165) is 6.42 Å². The first kappa shape index (κ1) is 15.5. The number of benzene rings is 1. The Hall–Kier alpha value is -1.85. The van der Waals surface area contributed by atoms with Crippen LogP contribution in [0.4, 0.5) is 5.69 Å². The number of hydrogen-bond acceptors (Lipinski definition) is 4. The van der Waals surface area contributed by atoms with Crippen molar-refractivity contribution in [3.63, 3.8) is 0 Å². The van der Waals surface area contributed by atoms with E-state index in [1.807, 2.05) is 30.3 Å². The second-order valence-electron chi connectivity index (χ2n) is 4.61. The summed E-state index contributed by atoms with van der Waals surface area (Å²) in [6.45, 7) is 2.38. The summed E-state index contributed by atoms with van der Waals surface area (Å²) in [5.41, 5.74) is 0.691. The van der Waals surface area contributed by atoms with Crippen molar-refractivity contribution in [3.05, 3.63) is 46.7 Å². The third-order valence-corrected chi connectivity index (χ3v) is 4.17. The number of anilines is 1. The van der Waals surface area contributed by atoms with Crippen LogP contribution in [0.25, 0.3) is 0 Å². The third kappa shape index (κ3) is 4.31. The van der Waals surface area contributed by atoms with Gasteiger partial charge >= 0.3 is 0 Å². The van der Waals surface area contributed by atoms with Crippen LogP contribution in [0, 0.1) is 0 Å². The van der Waals surface area contributed by atoms with Gasteiger partial charge in [-0.1, -0.05) is 25.1 Å². The highest BCUT2D eigenvalue weighted by Crippen LogP contribution is 2.23. The molecule has 0 fully saturated rings. The first-order chi connectivity index (χ1) is 10.2. The minimum Gasteiger partial charge on any atom is -0.495 e. The Labute approximate surface area is 129 Å². The van der Waals surface area contributed by atoms with E-state index < -0.39 is 0 Å². The zero-order chi connectivity index (χ0) is 15.1. The maximum absolute atomic E-state index is 12.0. The van der Waals surface area contributed by atoms with E-state index in [-0.39, 0.29) is 18.5 Å². The molecule has 0 aliphatic heterocycles. The van der Waals surface area contributed by atoms with E-state index in [0.29, 0.717) is 11.4 Å². The quantitative estimate of drug-likeness (QED) is 0.824. The number of carbonyl (C=O) groups excluding carboxylic acids is 1. The molecule has 1 aromatic carbocycles. The summed E-state index contributed by atoms with van der Waals surface area (Å²) in [6.07, 6.45) is 0.947. The van der Waals surface area contributed by atoms with Crippen molar-refractivity contribution in [1.29, 1.82) is 0 Å². The Kier molecular flexibility index (Phi) is 5.78. The molecule has 0 saturated heterocycles. The Balaban J connectivity index is 1.90. The summed E-state index contributed by atoms with van der Waals surface area (Å²) in [6, 6.07) is 11.7. The molecular weight excluding hydrogens is 284 g/mol. The number of rotatable bonds is 7. The van der Waals surface area contributed by atoms with Crippen molar-refractivity contribution in [2.45, 2.75) is 19.4 Å². The number of hydrogen-bond donors (Lipinski definition) is 2. The second-order valence-corrected chi connectivity index (χ2v) is 5.58. The van der Waals surface area contributed by atoms with E-state index in [9.17, 15) is 4.79 Å². The van der Waals surface area contributed by atoms with E-state index in [2.05, 4.69) is 29.0 Å². The molecule has 1 unspecified atom stereocenters. The lowest BCUT2D eigenvalue weighted by molar-refractivity contribution is -0.115. The molecule has 0 bridgehead atoms. The molecule has 0 spiro atoms. The molecule has 0 aliphatic carbocycles. The molecule has 0 saturated carbocycles. The van der Waals surface area contributed by atoms with Gasteiger partial charge in [0, 0.05) is 10.9 Å². The van der Waals surface area contributed by atoms with Crippen molar-refractivity contribution >= 4 is 22.9 Å². The number of methoxy groups -OCH3 is 1. The van der Waals surface area contributed by atoms with Gasteiger partial charge in [-0.15, -0.1) is 11.3 Å². The van der Waals surface area contributed by atoms with Gasteiger partial charge in [-0.2, -0.15) is 0 Å². The number of para-hydroxylation sites is 2. The van der Waals surface area contributed by atoms with E-state index in [1.54, 1.807) is 18.4 Å². The van der Waals surface area contributed by atoms with Crippen molar-refractivity contribution in [2.75, 3.05) is 19.0 Å². The van der Waals surface area contributed by atoms with Gasteiger partial charge in [-0.25, -0.2) is 0 Å². The fourth-order valence-electron chi connectivity index (χ4n) is 2.09. The number of carbonyl (C=O) groups is 1. The normalized spacial score (nSPS) is 11.9. The van der Waals surface area contributed by atoms with Crippen molar-refractivity contribution in [2.24, 2.45) is 0 Å². The first-order valence-corrected chi connectivity index (χ1v) is 7.82. The second kappa shape index (κ2) is 7.81. The lowest BCUT2D eigenvalue weighted by atomic mass is 10.2. The summed E-state index contributed by atoms with van der Waals surface area (Å²) in [5, 5.41) is 8.20. The summed E-state index contributed by atoms with van der Waals surface area (Å²) in [5.74, 6) is 0.589. The number of thiophene rings is 1. The van der Waals surface area contributed by atoms with E-state index in [4.69, 9.17) is 4.74 Å². The minimum atomic E-state index is -0.0745. The highest BCUT2D eigenvalue weighted by atomic mass is 32.1. The Morgan fingerprint density at radius 3 is 2.76 bits per heavy atom. The van der Waals surface area contributed by atoms with E-state index >= 15 is 0 Å². The zero-order valence-corrected chi connectivity index (χ0v) is 13.1. The molecule has 0 aliphatic rings. The van der Waals surface area contributed by atoms with Gasteiger partial charge < -0.3 is 15.4 Å². The Morgan fingerprint density at radius 2 is 2.10 bits per heavy atom. The monoisotopic (exact) mass is 304 g/mol. The highest BCUT2D eigenvalue weighted by Gasteiger charge is 2.12. The summed E-state index contributed by atoms with van der Waals surface area (Å²) < 4.78 is 5.22. The largest absolute Gasteiger partial charge is 0.495 e. The summed E-state index contributed by atoms with van der Waals surface area (Å²) in [7, 11) is 1.59. The van der Waals surface area contributed by atoms with Crippen LogP contribution in [-0.4, -0.2) is 19.6 Å². The van der Waals surface area contributed by atoms with Crippen LogP contribution in [0.2, 0.25) is 0 Å².